The van der Waals surface area contributed by atoms with Crippen molar-refractivity contribution in [3.8, 4) is 5.75 Å². The molecule has 3 rings (SSSR count). The van der Waals surface area contributed by atoms with Crippen LogP contribution in [-0.4, -0.2) is 39.2 Å². The molecule has 0 saturated carbocycles. The van der Waals surface area contributed by atoms with Crippen LogP contribution in [-0.2, 0) is 9.47 Å². The number of nitrogens with zero attached hydrogens (tertiary/aromatic N) is 1. The SMILES string of the molecule is COc1cc(N2CCC3(CC2)OCCO3)c(C(C)C)cc1N. The first-order valence-electron chi connectivity index (χ1n) is 8.05. The van der Waals surface area contributed by atoms with Gasteiger partial charge in [-0.25, -0.2) is 0 Å². The molecule has 0 aliphatic carbocycles. The van der Waals surface area contributed by atoms with Crippen molar-refractivity contribution >= 4 is 11.4 Å². The third-order valence-corrected chi connectivity index (χ3v) is 4.68. The van der Waals surface area contributed by atoms with Gasteiger partial charge in [-0.05, 0) is 17.5 Å². The molecular formula is C17H26N2O3. The quantitative estimate of drug-likeness (QED) is 0.870. The zero-order valence-corrected chi connectivity index (χ0v) is 13.7. The van der Waals surface area contributed by atoms with E-state index >= 15 is 0 Å². The highest BCUT2D eigenvalue weighted by atomic mass is 16.7. The second-order valence-electron chi connectivity index (χ2n) is 6.40. The highest BCUT2D eigenvalue weighted by molar-refractivity contribution is 5.68. The maximum absolute atomic E-state index is 6.08. The smallest absolute Gasteiger partial charge is 0.171 e. The Morgan fingerprint density at radius 2 is 1.82 bits per heavy atom. The number of nitrogens with two attached hydrogens (primary N) is 1. The van der Waals surface area contributed by atoms with E-state index < -0.39 is 0 Å². The summed E-state index contributed by atoms with van der Waals surface area (Å²) in [4.78, 5) is 2.40. The van der Waals surface area contributed by atoms with Gasteiger partial charge in [-0.2, -0.15) is 0 Å². The van der Waals surface area contributed by atoms with Crippen molar-refractivity contribution in [2.24, 2.45) is 0 Å². The van der Waals surface area contributed by atoms with Crippen LogP contribution in [0.15, 0.2) is 12.1 Å². The average Bonchev–Trinajstić information content (AvgIpc) is 2.96. The van der Waals surface area contributed by atoms with E-state index in [0.29, 0.717) is 24.8 Å². The predicted octanol–water partition coefficient (Wildman–Crippen LogP) is 2.74. The number of benzene rings is 1. The fraction of sp³-hybridized carbons (Fsp3) is 0.647. The molecule has 2 saturated heterocycles. The van der Waals surface area contributed by atoms with Crippen LogP contribution in [0.25, 0.3) is 0 Å². The highest BCUT2D eigenvalue weighted by Crippen LogP contribution is 2.39. The van der Waals surface area contributed by atoms with Gasteiger partial charge in [-0.1, -0.05) is 13.8 Å². The zero-order chi connectivity index (χ0) is 15.7. The molecule has 1 spiro atoms. The first-order chi connectivity index (χ1) is 10.5. The number of hydrogen-bond donors (Lipinski definition) is 1. The Hall–Kier alpha value is -1.46. The molecule has 2 fully saturated rings. The molecule has 122 valence electrons. The number of rotatable bonds is 3. The first kappa shape index (κ1) is 15.4. The van der Waals surface area contributed by atoms with Crippen molar-refractivity contribution in [3.05, 3.63) is 17.7 Å². The standard InChI is InChI=1S/C17H26N2O3/c1-12(2)13-10-14(18)16(20-3)11-15(13)19-6-4-17(5-7-19)21-8-9-22-17/h10-12H,4-9,18H2,1-3H3. The molecular weight excluding hydrogens is 280 g/mol. The van der Waals surface area contributed by atoms with Gasteiger partial charge in [0.25, 0.3) is 0 Å². The van der Waals surface area contributed by atoms with Gasteiger partial charge in [0.05, 0.1) is 26.0 Å². The normalized spacial score (nSPS) is 20.8. The summed E-state index contributed by atoms with van der Waals surface area (Å²) in [6.45, 7) is 7.66. The predicted molar refractivity (Wildman–Crippen MR) is 87.6 cm³/mol. The Kier molecular flexibility index (Phi) is 4.19. The van der Waals surface area contributed by atoms with E-state index in [-0.39, 0.29) is 5.79 Å². The minimum Gasteiger partial charge on any atom is -0.495 e. The van der Waals surface area contributed by atoms with Crippen LogP contribution < -0.4 is 15.4 Å². The summed E-state index contributed by atoms with van der Waals surface area (Å²) in [5.74, 6) is 0.818. The third kappa shape index (κ3) is 2.75. The van der Waals surface area contributed by atoms with Gasteiger partial charge in [0.1, 0.15) is 5.75 Å². The van der Waals surface area contributed by atoms with Gasteiger partial charge in [0.15, 0.2) is 5.79 Å². The third-order valence-electron chi connectivity index (χ3n) is 4.68. The summed E-state index contributed by atoms with van der Waals surface area (Å²) in [5.41, 5.74) is 9.26. The average molecular weight is 306 g/mol. The lowest BCUT2D eigenvalue weighted by molar-refractivity contribution is -0.169. The molecule has 2 aliphatic rings. The van der Waals surface area contributed by atoms with Crippen molar-refractivity contribution in [2.75, 3.05) is 44.0 Å². The van der Waals surface area contributed by atoms with Gasteiger partial charge in [0, 0.05) is 37.7 Å². The molecule has 1 aromatic carbocycles. The molecule has 0 unspecified atom stereocenters. The van der Waals surface area contributed by atoms with E-state index in [1.54, 1.807) is 7.11 Å². The number of nitrogen functional groups attached to an aromatic ring is 1. The Morgan fingerprint density at radius 1 is 1.18 bits per heavy atom. The minimum absolute atomic E-state index is 0.341. The van der Waals surface area contributed by atoms with E-state index in [2.05, 4.69) is 24.8 Å². The monoisotopic (exact) mass is 306 g/mol. The van der Waals surface area contributed by atoms with Gasteiger partial charge in [0.2, 0.25) is 0 Å². The molecule has 5 nitrogen and oxygen atoms in total. The summed E-state index contributed by atoms with van der Waals surface area (Å²) in [5, 5.41) is 0. The summed E-state index contributed by atoms with van der Waals surface area (Å²) in [7, 11) is 1.66. The Balaban J connectivity index is 1.85. The molecule has 0 aromatic heterocycles. The number of anilines is 2. The van der Waals surface area contributed by atoms with Crippen molar-refractivity contribution < 1.29 is 14.2 Å². The number of methoxy groups -OCH3 is 1. The van der Waals surface area contributed by atoms with E-state index in [1.807, 2.05) is 6.07 Å². The van der Waals surface area contributed by atoms with Crippen LogP contribution in [0.1, 0.15) is 38.2 Å². The van der Waals surface area contributed by atoms with Crippen molar-refractivity contribution in [3.63, 3.8) is 0 Å². The first-order valence-corrected chi connectivity index (χ1v) is 8.05. The van der Waals surface area contributed by atoms with E-state index in [4.69, 9.17) is 19.9 Å². The number of piperidine rings is 1. The van der Waals surface area contributed by atoms with E-state index in [0.717, 1.165) is 31.7 Å². The summed E-state index contributed by atoms with van der Waals surface area (Å²) < 4.78 is 17.0. The second-order valence-corrected chi connectivity index (χ2v) is 6.40. The molecule has 2 heterocycles. The van der Waals surface area contributed by atoms with Gasteiger partial charge >= 0.3 is 0 Å². The molecule has 0 bridgehead atoms. The van der Waals surface area contributed by atoms with E-state index in [1.165, 1.54) is 11.3 Å². The Bertz CT molecular complexity index is 529. The largest absolute Gasteiger partial charge is 0.495 e. The molecule has 22 heavy (non-hydrogen) atoms. The lowest BCUT2D eigenvalue weighted by Gasteiger charge is -2.39. The Morgan fingerprint density at radius 3 is 2.36 bits per heavy atom. The maximum Gasteiger partial charge on any atom is 0.171 e. The molecule has 2 N–H and O–H groups in total. The van der Waals surface area contributed by atoms with Crippen LogP contribution in [0.2, 0.25) is 0 Å². The minimum atomic E-state index is -0.341. The fourth-order valence-corrected chi connectivity index (χ4v) is 3.39. The summed E-state index contributed by atoms with van der Waals surface area (Å²) in [6.07, 6.45) is 1.80. The van der Waals surface area contributed by atoms with Crippen LogP contribution in [0.4, 0.5) is 11.4 Å². The number of ether oxygens (including phenoxy) is 3. The molecule has 5 heteroatoms. The topological polar surface area (TPSA) is 57.0 Å². The van der Waals surface area contributed by atoms with Gasteiger partial charge in [-0.3, -0.25) is 0 Å². The lowest BCUT2D eigenvalue weighted by atomic mass is 9.96. The van der Waals surface area contributed by atoms with Crippen molar-refractivity contribution in [2.45, 2.75) is 38.4 Å². The van der Waals surface area contributed by atoms with Crippen LogP contribution in [0, 0.1) is 0 Å². The van der Waals surface area contributed by atoms with Crippen molar-refractivity contribution in [1.29, 1.82) is 0 Å². The van der Waals surface area contributed by atoms with E-state index in [9.17, 15) is 0 Å². The molecule has 0 atom stereocenters. The lowest BCUT2D eigenvalue weighted by Crippen LogP contribution is -2.45. The Labute approximate surface area is 132 Å². The second kappa shape index (κ2) is 5.97. The van der Waals surface area contributed by atoms with Gasteiger partial charge < -0.3 is 24.8 Å². The number of hydrogen-bond acceptors (Lipinski definition) is 5. The molecule has 1 aromatic rings. The fourth-order valence-electron chi connectivity index (χ4n) is 3.39. The molecule has 0 amide bonds. The highest BCUT2D eigenvalue weighted by Gasteiger charge is 2.40. The van der Waals surface area contributed by atoms with Crippen LogP contribution in [0.3, 0.4) is 0 Å². The van der Waals surface area contributed by atoms with Crippen LogP contribution in [0.5, 0.6) is 5.75 Å². The molecule has 2 aliphatic heterocycles. The summed E-state index contributed by atoms with van der Waals surface area (Å²) >= 11 is 0. The maximum atomic E-state index is 6.08. The summed E-state index contributed by atoms with van der Waals surface area (Å²) in [6, 6.07) is 4.12. The van der Waals surface area contributed by atoms with Crippen LogP contribution >= 0.6 is 0 Å². The van der Waals surface area contributed by atoms with Crippen molar-refractivity contribution in [1.82, 2.24) is 0 Å². The van der Waals surface area contributed by atoms with Gasteiger partial charge in [-0.15, -0.1) is 0 Å². The zero-order valence-electron chi connectivity index (χ0n) is 13.7. The molecule has 0 radical (unpaired) electrons.